The summed E-state index contributed by atoms with van der Waals surface area (Å²) in [7, 11) is -3.15. The molecule has 0 fully saturated rings. The largest absolute Gasteiger partial charge is 0.323 e. The maximum absolute atomic E-state index is 11.8. The molecule has 0 saturated heterocycles. The van der Waals surface area contributed by atoms with Gasteiger partial charge in [0.25, 0.3) is 0 Å². The molecule has 2 N–H and O–H groups in total. The topological polar surface area (TPSA) is 60.2 Å². The molecule has 0 heterocycles. The van der Waals surface area contributed by atoms with Gasteiger partial charge < -0.3 is 5.73 Å². The molecule has 0 aliphatic heterocycles. The van der Waals surface area contributed by atoms with E-state index in [2.05, 4.69) is 0 Å². The number of hydrogen-bond acceptors (Lipinski definition) is 3. The van der Waals surface area contributed by atoms with Crippen molar-refractivity contribution in [2.75, 3.05) is 6.26 Å². The van der Waals surface area contributed by atoms with E-state index in [1.807, 2.05) is 61.5 Å². The molecule has 112 valence electrons. The summed E-state index contributed by atoms with van der Waals surface area (Å²) in [6, 6.07) is 17.4. The van der Waals surface area contributed by atoms with Crippen LogP contribution in [0.2, 0.25) is 0 Å². The Hall–Kier alpha value is -1.65. The van der Waals surface area contributed by atoms with Gasteiger partial charge in [-0.1, -0.05) is 61.5 Å². The van der Waals surface area contributed by atoms with Crippen LogP contribution in [0.25, 0.3) is 11.1 Å². The van der Waals surface area contributed by atoms with Crippen LogP contribution in [-0.2, 0) is 9.84 Å². The molecule has 0 amide bonds. The predicted molar refractivity (Wildman–Crippen MR) is 87.7 cm³/mol. The summed E-state index contributed by atoms with van der Waals surface area (Å²) in [6.07, 6.45) is 1.76. The fraction of sp³-hybridized carbons (Fsp3) is 0.294. The highest BCUT2D eigenvalue weighted by atomic mass is 32.2. The molecule has 0 saturated carbocycles. The van der Waals surface area contributed by atoms with Gasteiger partial charge >= 0.3 is 0 Å². The van der Waals surface area contributed by atoms with E-state index >= 15 is 0 Å². The van der Waals surface area contributed by atoms with Gasteiger partial charge in [-0.3, -0.25) is 0 Å². The summed E-state index contributed by atoms with van der Waals surface area (Å²) in [5, 5.41) is -0.542. The first-order valence-electron chi connectivity index (χ1n) is 7.03. The number of hydrogen-bond donors (Lipinski definition) is 1. The van der Waals surface area contributed by atoms with E-state index in [4.69, 9.17) is 5.73 Å². The molecule has 2 aromatic carbocycles. The lowest BCUT2D eigenvalue weighted by Gasteiger charge is -2.21. The van der Waals surface area contributed by atoms with E-state index in [9.17, 15) is 8.42 Å². The zero-order chi connectivity index (χ0) is 15.5. The predicted octanol–water partition coefficient (Wildman–Crippen LogP) is 3.18. The molecule has 0 radical (unpaired) electrons. The van der Waals surface area contributed by atoms with Crippen LogP contribution in [0.5, 0.6) is 0 Å². The Morgan fingerprint density at radius 1 is 0.952 bits per heavy atom. The van der Waals surface area contributed by atoms with Crippen molar-refractivity contribution >= 4 is 9.84 Å². The van der Waals surface area contributed by atoms with E-state index < -0.39 is 21.1 Å². The van der Waals surface area contributed by atoms with E-state index in [-0.39, 0.29) is 0 Å². The monoisotopic (exact) mass is 303 g/mol. The van der Waals surface area contributed by atoms with Crippen LogP contribution in [-0.4, -0.2) is 19.9 Å². The number of sulfone groups is 1. The molecule has 0 spiro atoms. The highest BCUT2D eigenvalue weighted by molar-refractivity contribution is 7.91. The molecule has 0 aliphatic rings. The van der Waals surface area contributed by atoms with Crippen LogP contribution in [0.3, 0.4) is 0 Å². The van der Waals surface area contributed by atoms with Crippen LogP contribution in [0.4, 0.5) is 0 Å². The van der Waals surface area contributed by atoms with Crippen LogP contribution in [0, 0.1) is 0 Å². The van der Waals surface area contributed by atoms with Crippen molar-refractivity contribution in [3.63, 3.8) is 0 Å². The van der Waals surface area contributed by atoms with Crippen LogP contribution in [0.15, 0.2) is 54.6 Å². The summed E-state index contributed by atoms with van der Waals surface area (Å²) < 4.78 is 23.6. The third-order valence-electron chi connectivity index (χ3n) is 3.76. The highest BCUT2D eigenvalue weighted by Crippen LogP contribution is 2.25. The Balaban J connectivity index is 2.27. The standard InChI is InChI=1S/C17H21NO2S/c1-3-16(21(2,19)20)17(18)15-11-9-14(10-12-15)13-7-5-4-6-8-13/h4-12,16-17H,3,18H2,1-2H3. The molecule has 3 nitrogen and oxygen atoms in total. The van der Waals surface area contributed by atoms with Crippen molar-refractivity contribution < 1.29 is 8.42 Å². The van der Waals surface area contributed by atoms with Crippen LogP contribution in [0.1, 0.15) is 24.9 Å². The number of nitrogens with two attached hydrogens (primary N) is 1. The molecule has 0 aromatic heterocycles. The summed E-state index contributed by atoms with van der Waals surface area (Å²) >= 11 is 0. The molecule has 2 rings (SSSR count). The Bertz CT molecular complexity index is 678. The van der Waals surface area contributed by atoms with Crippen LogP contribution < -0.4 is 5.73 Å². The minimum Gasteiger partial charge on any atom is -0.323 e. The second kappa shape index (κ2) is 6.41. The average Bonchev–Trinajstić information content (AvgIpc) is 2.47. The van der Waals surface area contributed by atoms with Gasteiger partial charge in [0.05, 0.1) is 5.25 Å². The van der Waals surface area contributed by atoms with Crippen molar-refractivity contribution in [1.29, 1.82) is 0 Å². The molecular weight excluding hydrogens is 282 g/mol. The fourth-order valence-electron chi connectivity index (χ4n) is 2.57. The molecule has 0 aliphatic carbocycles. The van der Waals surface area contributed by atoms with Crippen molar-refractivity contribution in [2.24, 2.45) is 5.73 Å². The lowest BCUT2D eigenvalue weighted by atomic mass is 9.99. The van der Waals surface area contributed by atoms with Gasteiger partial charge in [0.2, 0.25) is 0 Å². The summed E-state index contributed by atoms with van der Waals surface area (Å²) in [4.78, 5) is 0. The summed E-state index contributed by atoms with van der Waals surface area (Å²) in [5.41, 5.74) is 9.23. The van der Waals surface area contributed by atoms with Gasteiger partial charge in [0, 0.05) is 12.3 Å². The van der Waals surface area contributed by atoms with Gasteiger partial charge in [-0.05, 0) is 23.1 Å². The third-order valence-corrected chi connectivity index (χ3v) is 5.48. The second-order valence-corrected chi connectivity index (χ2v) is 7.55. The van der Waals surface area contributed by atoms with E-state index in [1.165, 1.54) is 6.26 Å². The maximum Gasteiger partial charge on any atom is 0.152 e. The molecule has 21 heavy (non-hydrogen) atoms. The minimum atomic E-state index is -3.15. The van der Waals surface area contributed by atoms with Crippen molar-refractivity contribution in [1.82, 2.24) is 0 Å². The van der Waals surface area contributed by atoms with Crippen molar-refractivity contribution in [3.8, 4) is 11.1 Å². The van der Waals surface area contributed by atoms with Gasteiger partial charge in [-0.25, -0.2) is 8.42 Å². The fourth-order valence-corrected chi connectivity index (χ4v) is 3.86. The maximum atomic E-state index is 11.8. The van der Waals surface area contributed by atoms with E-state index in [0.717, 1.165) is 16.7 Å². The SMILES string of the molecule is CCC(C(N)c1ccc(-c2ccccc2)cc1)S(C)(=O)=O. The summed E-state index contributed by atoms with van der Waals surface area (Å²) in [6.45, 7) is 1.85. The summed E-state index contributed by atoms with van der Waals surface area (Å²) in [5.74, 6) is 0. The first kappa shape index (κ1) is 15.7. The lowest BCUT2D eigenvalue weighted by molar-refractivity contribution is 0.553. The minimum absolute atomic E-state index is 0.491. The highest BCUT2D eigenvalue weighted by Gasteiger charge is 2.26. The van der Waals surface area contributed by atoms with Gasteiger partial charge in [-0.15, -0.1) is 0 Å². The van der Waals surface area contributed by atoms with Gasteiger partial charge in [0.1, 0.15) is 0 Å². The second-order valence-electron chi connectivity index (χ2n) is 5.29. The molecule has 2 aromatic rings. The molecule has 0 bridgehead atoms. The smallest absolute Gasteiger partial charge is 0.152 e. The number of benzene rings is 2. The van der Waals surface area contributed by atoms with Gasteiger partial charge in [-0.2, -0.15) is 0 Å². The van der Waals surface area contributed by atoms with Gasteiger partial charge in [0.15, 0.2) is 9.84 Å². The first-order chi connectivity index (χ1) is 9.93. The molecule has 2 atom stereocenters. The van der Waals surface area contributed by atoms with E-state index in [0.29, 0.717) is 6.42 Å². The van der Waals surface area contributed by atoms with E-state index in [1.54, 1.807) is 0 Å². The third kappa shape index (κ3) is 3.71. The average molecular weight is 303 g/mol. The lowest BCUT2D eigenvalue weighted by Crippen LogP contribution is -2.32. The van der Waals surface area contributed by atoms with Crippen molar-refractivity contribution in [2.45, 2.75) is 24.6 Å². The Morgan fingerprint density at radius 2 is 1.48 bits per heavy atom. The Kier molecular flexibility index (Phi) is 4.80. The Labute approximate surface area is 126 Å². The molecule has 2 unspecified atom stereocenters. The first-order valence-corrected chi connectivity index (χ1v) is 8.98. The normalized spacial score (nSPS) is 14.6. The zero-order valence-corrected chi connectivity index (χ0v) is 13.2. The molecule has 4 heteroatoms. The zero-order valence-electron chi connectivity index (χ0n) is 12.4. The number of rotatable bonds is 5. The molecular formula is C17H21NO2S. The quantitative estimate of drug-likeness (QED) is 0.923. The van der Waals surface area contributed by atoms with Crippen molar-refractivity contribution in [3.05, 3.63) is 60.2 Å². The Morgan fingerprint density at radius 3 is 1.95 bits per heavy atom. The van der Waals surface area contributed by atoms with Crippen LogP contribution >= 0.6 is 0 Å².